The van der Waals surface area contributed by atoms with Crippen LogP contribution in [0.1, 0.15) is 31.4 Å². The van der Waals surface area contributed by atoms with Crippen molar-refractivity contribution < 1.29 is 18.7 Å². The third kappa shape index (κ3) is 3.39. The first-order chi connectivity index (χ1) is 10.5. The summed E-state index contributed by atoms with van der Waals surface area (Å²) in [7, 11) is 3.08. The van der Waals surface area contributed by atoms with Crippen molar-refractivity contribution in [3.63, 3.8) is 0 Å². The fourth-order valence-corrected chi connectivity index (χ4v) is 2.80. The Balaban J connectivity index is 2.15. The van der Waals surface area contributed by atoms with Gasteiger partial charge in [-0.1, -0.05) is 0 Å². The zero-order valence-electron chi connectivity index (χ0n) is 13.2. The van der Waals surface area contributed by atoms with E-state index in [9.17, 15) is 9.18 Å². The predicted octanol–water partition coefficient (Wildman–Crippen LogP) is 1.78. The van der Waals surface area contributed by atoms with Gasteiger partial charge < -0.3 is 20.1 Å². The molecule has 1 saturated heterocycles. The van der Waals surface area contributed by atoms with Crippen molar-refractivity contribution in [1.29, 1.82) is 0 Å². The molecule has 2 N–H and O–H groups in total. The van der Waals surface area contributed by atoms with Gasteiger partial charge in [0.15, 0.2) is 0 Å². The molecule has 2 rings (SSSR count). The summed E-state index contributed by atoms with van der Waals surface area (Å²) in [6.45, 7) is 3.28. The second-order valence-electron chi connectivity index (χ2n) is 5.53. The van der Waals surface area contributed by atoms with Crippen LogP contribution >= 0.6 is 0 Å². The maximum atomic E-state index is 13.5. The van der Waals surface area contributed by atoms with Crippen molar-refractivity contribution in [3.05, 3.63) is 29.6 Å². The monoisotopic (exact) mass is 310 g/mol. The molecule has 1 amide bonds. The largest absolute Gasteiger partial charge is 0.496 e. The number of benzene rings is 1. The van der Waals surface area contributed by atoms with E-state index in [4.69, 9.17) is 9.47 Å². The molecule has 1 aromatic carbocycles. The van der Waals surface area contributed by atoms with Crippen LogP contribution in [0.5, 0.6) is 5.75 Å². The molecule has 0 bridgehead atoms. The number of amides is 1. The van der Waals surface area contributed by atoms with Gasteiger partial charge in [0.2, 0.25) is 0 Å². The van der Waals surface area contributed by atoms with E-state index < -0.39 is 5.60 Å². The lowest BCUT2D eigenvalue weighted by atomic mass is 9.90. The van der Waals surface area contributed by atoms with Gasteiger partial charge in [-0.15, -0.1) is 0 Å². The van der Waals surface area contributed by atoms with E-state index in [0.717, 1.165) is 13.1 Å². The first kappa shape index (κ1) is 16.7. The highest BCUT2D eigenvalue weighted by Gasteiger charge is 2.40. The average molecular weight is 310 g/mol. The van der Waals surface area contributed by atoms with Crippen LogP contribution in [0.25, 0.3) is 0 Å². The zero-order valence-corrected chi connectivity index (χ0v) is 13.2. The van der Waals surface area contributed by atoms with Crippen molar-refractivity contribution in [2.75, 3.05) is 27.3 Å². The number of halogens is 1. The van der Waals surface area contributed by atoms with E-state index >= 15 is 0 Å². The Kier molecular flexibility index (Phi) is 5.37. The van der Waals surface area contributed by atoms with Crippen LogP contribution in [-0.2, 0) is 9.53 Å². The molecule has 5 nitrogen and oxygen atoms in total. The predicted molar refractivity (Wildman–Crippen MR) is 81.4 cm³/mol. The van der Waals surface area contributed by atoms with Crippen molar-refractivity contribution >= 4 is 5.91 Å². The quantitative estimate of drug-likeness (QED) is 0.870. The topological polar surface area (TPSA) is 59.6 Å². The summed E-state index contributed by atoms with van der Waals surface area (Å²) in [4.78, 5) is 12.6. The third-order valence-electron chi connectivity index (χ3n) is 4.22. The normalized spacial score (nSPS) is 18.5. The molecule has 0 spiro atoms. The molecule has 1 atom stereocenters. The molecule has 0 aliphatic carbocycles. The number of carbonyl (C=O) groups excluding carboxylic acids is 1. The molecular formula is C16H23FN2O3. The number of piperidine rings is 1. The SMILES string of the molecule is COc1ccc(F)cc1C(C)NC(=O)C1(OC)CCNCC1. The van der Waals surface area contributed by atoms with Gasteiger partial charge in [0.25, 0.3) is 5.91 Å². The molecule has 1 fully saturated rings. The molecule has 0 radical (unpaired) electrons. The summed E-state index contributed by atoms with van der Waals surface area (Å²) >= 11 is 0. The molecule has 1 unspecified atom stereocenters. The Morgan fingerprint density at radius 1 is 1.36 bits per heavy atom. The van der Waals surface area contributed by atoms with Crippen molar-refractivity contribution in [1.82, 2.24) is 10.6 Å². The number of carbonyl (C=O) groups is 1. The number of nitrogens with one attached hydrogen (secondary N) is 2. The minimum atomic E-state index is -0.819. The molecule has 6 heteroatoms. The summed E-state index contributed by atoms with van der Waals surface area (Å²) in [6, 6.07) is 3.90. The second kappa shape index (κ2) is 7.07. The lowest BCUT2D eigenvalue weighted by molar-refractivity contribution is -0.147. The maximum absolute atomic E-state index is 13.5. The number of hydrogen-bond donors (Lipinski definition) is 2. The smallest absolute Gasteiger partial charge is 0.252 e. The Morgan fingerprint density at radius 2 is 2.05 bits per heavy atom. The molecular weight excluding hydrogens is 287 g/mol. The number of rotatable bonds is 5. The molecule has 1 aromatic rings. The number of ether oxygens (including phenoxy) is 2. The fraction of sp³-hybridized carbons (Fsp3) is 0.562. The second-order valence-corrected chi connectivity index (χ2v) is 5.53. The van der Waals surface area contributed by atoms with E-state index in [-0.39, 0.29) is 17.8 Å². The third-order valence-corrected chi connectivity index (χ3v) is 4.22. The van der Waals surface area contributed by atoms with Gasteiger partial charge >= 0.3 is 0 Å². The molecule has 1 heterocycles. The highest BCUT2D eigenvalue weighted by atomic mass is 19.1. The van der Waals surface area contributed by atoms with E-state index in [1.54, 1.807) is 20.1 Å². The number of methoxy groups -OCH3 is 2. The van der Waals surface area contributed by atoms with Gasteiger partial charge in [-0.05, 0) is 51.1 Å². The number of hydrogen-bond acceptors (Lipinski definition) is 4. The van der Waals surface area contributed by atoms with Gasteiger partial charge in [0.05, 0.1) is 13.2 Å². The standard InChI is InChI=1S/C16H23FN2O3/c1-11(13-10-12(17)4-5-14(13)21-2)19-15(20)16(22-3)6-8-18-9-7-16/h4-5,10-11,18H,6-9H2,1-3H3,(H,19,20). The van der Waals surface area contributed by atoms with Crippen molar-refractivity contribution in [3.8, 4) is 5.75 Å². The Labute approximate surface area is 130 Å². The summed E-state index contributed by atoms with van der Waals surface area (Å²) in [5.41, 5.74) is -0.212. The molecule has 122 valence electrons. The first-order valence-electron chi connectivity index (χ1n) is 7.42. The molecule has 1 aliphatic heterocycles. The van der Waals surface area contributed by atoms with Crippen LogP contribution in [0.4, 0.5) is 4.39 Å². The lowest BCUT2D eigenvalue weighted by Crippen LogP contribution is -2.54. The minimum absolute atomic E-state index is 0.171. The zero-order chi connectivity index (χ0) is 16.2. The van der Waals surface area contributed by atoms with Gasteiger partial charge in [0, 0.05) is 12.7 Å². The van der Waals surface area contributed by atoms with Gasteiger partial charge in [-0.3, -0.25) is 4.79 Å². The highest BCUT2D eigenvalue weighted by Crippen LogP contribution is 2.28. The van der Waals surface area contributed by atoms with Gasteiger partial charge in [-0.25, -0.2) is 4.39 Å². The Bertz CT molecular complexity index is 530. The van der Waals surface area contributed by atoms with Crippen molar-refractivity contribution in [2.45, 2.75) is 31.4 Å². The maximum Gasteiger partial charge on any atom is 0.252 e. The molecule has 1 aliphatic rings. The van der Waals surface area contributed by atoms with Crippen LogP contribution in [0, 0.1) is 5.82 Å². The van der Waals surface area contributed by atoms with Crippen LogP contribution in [-0.4, -0.2) is 38.8 Å². The summed E-state index contributed by atoms with van der Waals surface area (Å²) < 4.78 is 24.2. The summed E-state index contributed by atoms with van der Waals surface area (Å²) in [5.74, 6) is 0.0153. The van der Waals surface area contributed by atoms with Crippen molar-refractivity contribution in [2.24, 2.45) is 0 Å². The van der Waals surface area contributed by atoms with Crippen LogP contribution in [0.2, 0.25) is 0 Å². The minimum Gasteiger partial charge on any atom is -0.496 e. The fourth-order valence-electron chi connectivity index (χ4n) is 2.80. The van der Waals surface area contributed by atoms with Crippen LogP contribution < -0.4 is 15.4 Å². The van der Waals surface area contributed by atoms with E-state index in [1.807, 2.05) is 0 Å². The molecule has 0 aromatic heterocycles. The van der Waals surface area contributed by atoms with E-state index in [0.29, 0.717) is 24.2 Å². The van der Waals surface area contributed by atoms with E-state index in [1.165, 1.54) is 19.2 Å². The summed E-state index contributed by atoms with van der Waals surface area (Å²) in [6.07, 6.45) is 1.23. The average Bonchev–Trinajstić information content (AvgIpc) is 2.55. The van der Waals surface area contributed by atoms with Gasteiger partial charge in [-0.2, -0.15) is 0 Å². The Hall–Kier alpha value is -1.66. The first-order valence-corrected chi connectivity index (χ1v) is 7.42. The Morgan fingerprint density at radius 3 is 2.64 bits per heavy atom. The highest BCUT2D eigenvalue weighted by molar-refractivity contribution is 5.85. The van der Waals surface area contributed by atoms with Gasteiger partial charge in [0.1, 0.15) is 17.2 Å². The lowest BCUT2D eigenvalue weighted by Gasteiger charge is -2.35. The summed E-state index contributed by atoms with van der Waals surface area (Å²) in [5, 5.41) is 6.13. The van der Waals surface area contributed by atoms with E-state index in [2.05, 4.69) is 10.6 Å². The van der Waals surface area contributed by atoms with Crippen LogP contribution in [0.15, 0.2) is 18.2 Å². The molecule has 0 saturated carbocycles. The van der Waals surface area contributed by atoms with Crippen LogP contribution in [0.3, 0.4) is 0 Å². The molecule has 22 heavy (non-hydrogen) atoms.